The lowest BCUT2D eigenvalue weighted by molar-refractivity contribution is -0.305. The summed E-state index contributed by atoms with van der Waals surface area (Å²) < 4.78 is 0. The molecule has 0 aromatic heterocycles. The maximum atomic E-state index is 10.7. The number of hydrogen-bond donors (Lipinski definition) is 1. The van der Waals surface area contributed by atoms with E-state index in [1.165, 1.54) is 83.5 Å². The van der Waals surface area contributed by atoms with Crippen LogP contribution in [0.2, 0.25) is 0 Å². The molecule has 0 aromatic carbocycles. The van der Waals surface area contributed by atoms with Crippen molar-refractivity contribution in [3.8, 4) is 0 Å². The van der Waals surface area contributed by atoms with Gasteiger partial charge in [-0.15, -0.1) is 0 Å². The molecule has 0 saturated carbocycles. The van der Waals surface area contributed by atoms with Gasteiger partial charge in [0.05, 0.1) is 6.42 Å². The molecule has 1 amide bonds. The fraction of sp³-hybridized carbons (Fsp3) is 0.842. The van der Waals surface area contributed by atoms with Gasteiger partial charge in [-0.05, 0) is 32.1 Å². The normalized spacial score (nSPS) is 10.8. The highest BCUT2D eigenvalue weighted by molar-refractivity contribution is 5.63. The maximum absolute atomic E-state index is 10.7. The van der Waals surface area contributed by atoms with E-state index in [-0.39, 0.29) is 18.3 Å². The van der Waals surface area contributed by atoms with E-state index in [4.69, 9.17) is 0 Å². The molecule has 0 aromatic rings. The van der Waals surface area contributed by atoms with E-state index in [9.17, 15) is 4.79 Å². The first kappa shape index (κ1) is 23.9. The van der Waals surface area contributed by atoms with E-state index < -0.39 is 0 Å². The molecule has 2 nitrogen and oxygen atoms in total. The van der Waals surface area contributed by atoms with Crippen LogP contribution in [-0.4, -0.2) is 5.91 Å². The Morgan fingerprint density at radius 1 is 0.727 bits per heavy atom. The van der Waals surface area contributed by atoms with Gasteiger partial charge in [-0.2, -0.15) is 0 Å². The van der Waals surface area contributed by atoms with Gasteiger partial charge in [-0.25, -0.2) is 4.79 Å². The number of halogens is 1. The molecule has 132 valence electrons. The largest absolute Gasteiger partial charge is 1.00 e. The molecule has 0 atom stereocenters. The van der Waals surface area contributed by atoms with E-state index in [0.717, 1.165) is 6.42 Å². The summed E-state index contributed by atoms with van der Waals surface area (Å²) in [6.45, 7) is 2.27. The summed E-state index contributed by atoms with van der Waals surface area (Å²) in [6.07, 6.45) is 23.7. The second-order valence-corrected chi connectivity index (χ2v) is 6.23. The first-order valence-electron chi connectivity index (χ1n) is 9.27. The molecule has 22 heavy (non-hydrogen) atoms. The number of hydrogen-bond acceptors (Lipinski definition) is 1. The Morgan fingerprint density at radius 3 is 1.59 bits per heavy atom. The molecule has 3 N–H and O–H groups in total. The molecule has 0 saturated heterocycles. The third-order valence-electron chi connectivity index (χ3n) is 3.97. The number of amides is 1. The lowest BCUT2D eigenvalue weighted by atomic mass is 10.1. The molecule has 0 rings (SSSR count). The van der Waals surface area contributed by atoms with Crippen molar-refractivity contribution in [3.05, 3.63) is 12.2 Å². The fourth-order valence-electron chi connectivity index (χ4n) is 2.57. The number of allylic oxidation sites excluding steroid dienone is 2. The number of quaternary nitrogens is 1. The van der Waals surface area contributed by atoms with Crippen molar-refractivity contribution in [2.24, 2.45) is 0 Å². The Hall–Kier alpha value is -0.340. The molecule has 0 heterocycles. The summed E-state index contributed by atoms with van der Waals surface area (Å²) in [5.74, 6) is 0.0864. The fourth-order valence-corrected chi connectivity index (χ4v) is 2.57. The zero-order valence-electron chi connectivity index (χ0n) is 14.8. The third kappa shape index (κ3) is 21.9. The first-order chi connectivity index (χ1) is 10.3. The minimum absolute atomic E-state index is 0. The molecule has 0 unspecified atom stereocenters. The smallest absolute Gasteiger partial charge is 0.308 e. The van der Waals surface area contributed by atoms with E-state index >= 15 is 0 Å². The second kappa shape index (κ2) is 20.7. The van der Waals surface area contributed by atoms with Crippen molar-refractivity contribution in [1.82, 2.24) is 0 Å². The van der Waals surface area contributed by atoms with E-state index in [1.807, 2.05) is 0 Å². The van der Waals surface area contributed by atoms with Gasteiger partial charge < -0.3 is 12.4 Å². The number of rotatable bonds is 16. The van der Waals surface area contributed by atoms with Crippen LogP contribution >= 0.6 is 0 Å². The van der Waals surface area contributed by atoms with Gasteiger partial charge in [0, 0.05) is 0 Å². The highest BCUT2D eigenvalue weighted by Crippen LogP contribution is 2.10. The molecule has 3 heteroatoms. The van der Waals surface area contributed by atoms with Crippen LogP contribution in [0, 0.1) is 0 Å². The zero-order chi connectivity index (χ0) is 15.6. The SMILES string of the molecule is CCCCCCCCC/C=C\CCCCCCCC([NH3+])=O.[Cl-]. The maximum Gasteiger partial charge on any atom is 0.308 e. The monoisotopic (exact) mass is 331 g/mol. The van der Waals surface area contributed by atoms with Crippen LogP contribution in [0.3, 0.4) is 0 Å². The highest BCUT2D eigenvalue weighted by atomic mass is 35.5. The van der Waals surface area contributed by atoms with Gasteiger partial charge >= 0.3 is 5.91 Å². The molecule has 0 spiro atoms. The summed E-state index contributed by atoms with van der Waals surface area (Å²) in [6, 6.07) is 0. The minimum Gasteiger partial charge on any atom is -1.00 e. The number of carbonyl (C=O) groups excluding carboxylic acids is 1. The Morgan fingerprint density at radius 2 is 1.14 bits per heavy atom. The second-order valence-electron chi connectivity index (χ2n) is 6.23. The molecule has 0 aliphatic carbocycles. The average Bonchev–Trinajstić information content (AvgIpc) is 2.46. The van der Waals surface area contributed by atoms with Crippen molar-refractivity contribution < 1.29 is 22.9 Å². The van der Waals surface area contributed by atoms with Crippen LogP contribution < -0.4 is 18.1 Å². The highest BCUT2D eigenvalue weighted by Gasteiger charge is 1.97. The van der Waals surface area contributed by atoms with Crippen LogP contribution in [0.4, 0.5) is 0 Å². The molecule has 0 aliphatic heterocycles. The summed E-state index contributed by atoms with van der Waals surface area (Å²) in [5, 5.41) is 0. The summed E-state index contributed by atoms with van der Waals surface area (Å²) in [5.41, 5.74) is 3.40. The Kier molecular flexibility index (Phi) is 22.5. The van der Waals surface area contributed by atoms with Gasteiger partial charge in [0.1, 0.15) is 0 Å². The Labute approximate surface area is 144 Å². The van der Waals surface area contributed by atoms with Crippen molar-refractivity contribution in [1.29, 1.82) is 0 Å². The van der Waals surface area contributed by atoms with Gasteiger partial charge in [0.2, 0.25) is 0 Å². The van der Waals surface area contributed by atoms with Crippen molar-refractivity contribution >= 4 is 5.91 Å². The summed E-state index contributed by atoms with van der Waals surface area (Å²) >= 11 is 0. The van der Waals surface area contributed by atoms with Crippen LogP contribution in [0.1, 0.15) is 103 Å². The topological polar surface area (TPSA) is 44.7 Å². The molecule has 0 bridgehead atoms. The predicted octanol–water partition coefficient (Wildman–Crippen LogP) is 2.19. The van der Waals surface area contributed by atoms with E-state index in [2.05, 4.69) is 24.8 Å². The molecular formula is C19H38ClNO. The minimum atomic E-state index is 0. The first-order valence-corrected chi connectivity index (χ1v) is 9.27. The summed E-state index contributed by atoms with van der Waals surface area (Å²) in [4.78, 5) is 10.7. The number of carbonyl (C=O) groups is 1. The lowest BCUT2D eigenvalue weighted by Crippen LogP contribution is -3.00. The van der Waals surface area contributed by atoms with Crippen molar-refractivity contribution in [2.75, 3.05) is 0 Å². The van der Waals surface area contributed by atoms with E-state index in [1.54, 1.807) is 0 Å². The van der Waals surface area contributed by atoms with Crippen molar-refractivity contribution in [3.63, 3.8) is 0 Å². The van der Waals surface area contributed by atoms with Gasteiger partial charge in [-0.3, -0.25) is 5.73 Å². The standard InChI is InChI=1S/C19H37NO.ClH/c1-2-3-4-5-6-7-8-9-10-11-12-13-14-15-16-17-18-19(20)21;/h10-11H,2-9,12-18H2,1H3,(H2,20,21);1H/b11-10-;. The third-order valence-corrected chi connectivity index (χ3v) is 3.97. The quantitative estimate of drug-likeness (QED) is 0.342. The van der Waals surface area contributed by atoms with Gasteiger partial charge in [0.15, 0.2) is 0 Å². The number of unbranched alkanes of at least 4 members (excludes halogenated alkanes) is 12. The molecular weight excluding hydrogens is 294 g/mol. The molecule has 0 fully saturated rings. The zero-order valence-corrected chi connectivity index (χ0v) is 15.5. The van der Waals surface area contributed by atoms with Crippen LogP contribution in [0.15, 0.2) is 12.2 Å². The predicted molar refractivity (Wildman–Crippen MR) is 92.0 cm³/mol. The molecule has 0 aliphatic rings. The van der Waals surface area contributed by atoms with Crippen LogP contribution in [0.25, 0.3) is 0 Å². The lowest BCUT2D eigenvalue weighted by Gasteiger charge is -1.99. The Balaban J connectivity index is 0. The average molecular weight is 332 g/mol. The van der Waals surface area contributed by atoms with E-state index in [0.29, 0.717) is 6.42 Å². The molecule has 0 radical (unpaired) electrons. The van der Waals surface area contributed by atoms with Crippen LogP contribution in [-0.2, 0) is 4.79 Å². The van der Waals surface area contributed by atoms with Gasteiger partial charge in [-0.1, -0.05) is 76.9 Å². The van der Waals surface area contributed by atoms with Crippen molar-refractivity contribution in [2.45, 2.75) is 103 Å². The Bertz CT molecular complexity index is 254. The van der Waals surface area contributed by atoms with Crippen LogP contribution in [0.5, 0.6) is 0 Å². The summed E-state index contributed by atoms with van der Waals surface area (Å²) in [7, 11) is 0. The van der Waals surface area contributed by atoms with Gasteiger partial charge in [0.25, 0.3) is 0 Å².